The lowest BCUT2D eigenvalue weighted by molar-refractivity contribution is -0.384. The first-order chi connectivity index (χ1) is 7.03. The standard InChI is InChI=1S/C6H3F7O3/c1-15-4(14)2(7)3(8)16-6(12,13)5(9,10)11/h1H3. The molecule has 0 aromatic heterocycles. The highest BCUT2D eigenvalue weighted by molar-refractivity contribution is 5.85. The summed E-state index contributed by atoms with van der Waals surface area (Å²) in [6.45, 7) is 0. The number of ether oxygens (including phenoxy) is 2. The molecule has 0 fully saturated rings. The van der Waals surface area contributed by atoms with Crippen molar-refractivity contribution >= 4 is 5.97 Å². The molecule has 0 aliphatic heterocycles. The van der Waals surface area contributed by atoms with E-state index in [4.69, 9.17) is 0 Å². The van der Waals surface area contributed by atoms with Crippen molar-refractivity contribution in [3.05, 3.63) is 11.8 Å². The number of hydrogen-bond acceptors (Lipinski definition) is 3. The number of alkyl halides is 5. The van der Waals surface area contributed by atoms with Crippen LogP contribution in [0.4, 0.5) is 30.7 Å². The molecule has 0 aliphatic carbocycles. The number of carbonyl (C=O) groups is 1. The first kappa shape index (κ1) is 14.5. The molecule has 16 heavy (non-hydrogen) atoms. The van der Waals surface area contributed by atoms with Gasteiger partial charge in [0.2, 0.25) is 0 Å². The molecular weight excluding hydrogens is 253 g/mol. The smallest absolute Gasteiger partial charge is 0.464 e. The van der Waals surface area contributed by atoms with Gasteiger partial charge in [-0.15, -0.1) is 0 Å². The van der Waals surface area contributed by atoms with Gasteiger partial charge in [-0.1, -0.05) is 0 Å². The maximum Gasteiger partial charge on any atom is 0.500 e. The van der Waals surface area contributed by atoms with E-state index in [9.17, 15) is 35.5 Å². The van der Waals surface area contributed by atoms with E-state index in [1.807, 2.05) is 0 Å². The maximum absolute atomic E-state index is 12.3. The van der Waals surface area contributed by atoms with Gasteiger partial charge in [-0.25, -0.2) is 4.79 Å². The van der Waals surface area contributed by atoms with Crippen molar-refractivity contribution in [2.45, 2.75) is 12.3 Å². The second-order valence-corrected chi connectivity index (χ2v) is 2.20. The van der Waals surface area contributed by atoms with Crippen molar-refractivity contribution in [3.8, 4) is 0 Å². The largest absolute Gasteiger partial charge is 0.500 e. The van der Waals surface area contributed by atoms with Crippen LogP contribution < -0.4 is 0 Å². The van der Waals surface area contributed by atoms with Crippen molar-refractivity contribution in [3.63, 3.8) is 0 Å². The molecule has 3 nitrogen and oxygen atoms in total. The van der Waals surface area contributed by atoms with Gasteiger partial charge < -0.3 is 9.47 Å². The van der Waals surface area contributed by atoms with E-state index in [0.717, 1.165) is 0 Å². The van der Waals surface area contributed by atoms with Crippen molar-refractivity contribution in [1.29, 1.82) is 0 Å². The van der Waals surface area contributed by atoms with Gasteiger partial charge in [0.1, 0.15) is 0 Å². The average molecular weight is 256 g/mol. The fourth-order valence-electron chi connectivity index (χ4n) is 0.385. The summed E-state index contributed by atoms with van der Waals surface area (Å²) in [6.07, 6.45) is -12.2. The second kappa shape index (κ2) is 4.58. The molecule has 0 aliphatic rings. The van der Waals surface area contributed by atoms with Crippen molar-refractivity contribution < 1.29 is 45.0 Å². The lowest BCUT2D eigenvalue weighted by Gasteiger charge is -2.18. The number of rotatable bonds is 3. The van der Waals surface area contributed by atoms with Gasteiger partial charge in [0.25, 0.3) is 5.83 Å². The van der Waals surface area contributed by atoms with Crippen LogP contribution >= 0.6 is 0 Å². The van der Waals surface area contributed by atoms with Crippen molar-refractivity contribution in [2.75, 3.05) is 7.11 Å². The molecule has 0 N–H and O–H groups in total. The predicted octanol–water partition coefficient (Wildman–Crippen LogP) is 2.44. The molecule has 0 rings (SSSR count). The third kappa shape index (κ3) is 3.28. The van der Waals surface area contributed by atoms with Gasteiger partial charge >= 0.3 is 24.3 Å². The zero-order valence-electron chi connectivity index (χ0n) is 7.37. The number of carbonyl (C=O) groups excluding carboxylic acids is 1. The molecule has 0 aromatic carbocycles. The first-order valence-electron chi connectivity index (χ1n) is 3.30. The normalized spacial score (nSPS) is 14.2. The Bertz CT molecular complexity index is 306. The van der Waals surface area contributed by atoms with Crippen molar-refractivity contribution in [1.82, 2.24) is 0 Å². The molecule has 0 radical (unpaired) electrons. The highest BCUT2D eigenvalue weighted by Crippen LogP contribution is 2.38. The number of esters is 1. The van der Waals surface area contributed by atoms with Crippen LogP contribution in [-0.4, -0.2) is 25.4 Å². The monoisotopic (exact) mass is 256 g/mol. The van der Waals surface area contributed by atoms with E-state index in [0.29, 0.717) is 7.11 Å². The highest BCUT2D eigenvalue weighted by atomic mass is 19.4. The second-order valence-electron chi connectivity index (χ2n) is 2.20. The molecule has 0 unspecified atom stereocenters. The minimum Gasteiger partial charge on any atom is -0.464 e. The molecule has 0 bridgehead atoms. The summed E-state index contributed by atoms with van der Waals surface area (Å²) in [5, 5.41) is 0. The summed E-state index contributed by atoms with van der Waals surface area (Å²) >= 11 is 0. The molecule has 10 heteroatoms. The maximum atomic E-state index is 12.3. The molecule has 94 valence electrons. The molecule has 0 spiro atoms. The van der Waals surface area contributed by atoms with Crippen LogP contribution in [0.1, 0.15) is 0 Å². The van der Waals surface area contributed by atoms with E-state index in [1.165, 1.54) is 0 Å². The summed E-state index contributed by atoms with van der Waals surface area (Å²) in [7, 11) is 0.553. The van der Waals surface area contributed by atoms with Crippen LogP contribution in [0.2, 0.25) is 0 Å². The number of methoxy groups -OCH3 is 1. The van der Waals surface area contributed by atoms with Crippen molar-refractivity contribution in [2.24, 2.45) is 0 Å². The lowest BCUT2D eigenvalue weighted by atomic mass is 10.5. The van der Waals surface area contributed by atoms with E-state index < -0.39 is 30.1 Å². The summed E-state index contributed by atoms with van der Waals surface area (Å²) < 4.78 is 88.7. The molecule has 0 aromatic rings. The van der Waals surface area contributed by atoms with Gasteiger partial charge in [0.05, 0.1) is 7.11 Å². The Hall–Kier alpha value is -1.48. The Morgan fingerprint density at radius 2 is 1.50 bits per heavy atom. The summed E-state index contributed by atoms with van der Waals surface area (Å²) in [4.78, 5) is 10.2. The number of hydrogen-bond donors (Lipinski definition) is 0. The van der Waals surface area contributed by atoms with Gasteiger partial charge in [0, 0.05) is 0 Å². The predicted molar refractivity (Wildman–Crippen MR) is 33.3 cm³/mol. The number of halogens is 7. The topological polar surface area (TPSA) is 35.5 Å². The SMILES string of the molecule is COC(=O)C(F)=C(F)OC(F)(F)C(F)(F)F. The summed E-state index contributed by atoms with van der Waals surface area (Å²) in [5.41, 5.74) is 0. The molecule has 0 amide bonds. The zero-order valence-corrected chi connectivity index (χ0v) is 7.37. The van der Waals surface area contributed by atoms with Gasteiger partial charge in [-0.2, -0.15) is 30.7 Å². The van der Waals surface area contributed by atoms with Crippen LogP contribution in [-0.2, 0) is 14.3 Å². The third-order valence-electron chi connectivity index (χ3n) is 1.08. The Morgan fingerprint density at radius 1 is 1.06 bits per heavy atom. The molecule has 0 atom stereocenters. The van der Waals surface area contributed by atoms with Gasteiger partial charge in [-0.05, 0) is 0 Å². The zero-order chi connectivity index (χ0) is 13.1. The molecule has 0 heterocycles. The van der Waals surface area contributed by atoms with Crippen LogP contribution in [0.15, 0.2) is 11.8 Å². The fraction of sp³-hybridized carbons (Fsp3) is 0.500. The van der Waals surface area contributed by atoms with Crippen LogP contribution in [0.5, 0.6) is 0 Å². The van der Waals surface area contributed by atoms with Gasteiger partial charge in [0.15, 0.2) is 0 Å². The lowest BCUT2D eigenvalue weighted by Crippen LogP contribution is -2.38. The summed E-state index contributed by atoms with van der Waals surface area (Å²) in [5.74, 6) is -4.72. The van der Waals surface area contributed by atoms with E-state index in [1.54, 1.807) is 0 Å². The van der Waals surface area contributed by atoms with Crippen LogP contribution in [0.25, 0.3) is 0 Å². The molecule has 0 saturated carbocycles. The Kier molecular flexibility index (Phi) is 4.15. The summed E-state index contributed by atoms with van der Waals surface area (Å²) in [6, 6.07) is -3.02. The average Bonchev–Trinajstić information content (AvgIpc) is 2.12. The highest BCUT2D eigenvalue weighted by Gasteiger charge is 2.62. The molecule has 0 saturated heterocycles. The van der Waals surface area contributed by atoms with Crippen LogP contribution in [0, 0.1) is 0 Å². The quantitative estimate of drug-likeness (QED) is 0.336. The Morgan fingerprint density at radius 3 is 1.81 bits per heavy atom. The van der Waals surface area contributed by atoms with Gasteiger partial charge in [-0.3, -0.25) is 0 Å². The first-order valence-corrected chi connectivity index (χ1v) is 3.30. The fourth-order valence-corrected chi connectivity index (χ4v) is 0.385. The molecular formula is C6H3F7O3. The van der Waals surface area contributed by atoms with E-state index >= 15 is 0 Å². The third-order valence-corrected chi connectivity index (χ3v) is 1.08. The minimum atomic E-state index is -6.25. The van der Waals surface area contributed by atoms with Crippen LogP contribution in [0.3, 0.4) is 0 Å². The minimum absolute atomic E-state index is 0.553. The van der Waals surface area contributed by atoms with E-state index in [2.05, 4.69) is 9.47 Å². The Labute approximate surface area is 83.4 Å². The Balaban J connectivity index is 4.94. The van der Waals surface area contributed by atoms with E-state index in [-0.39, 0.29) is 0 Å².